The van der Waals surface area contributed by atoms with Crippen LogP contribution < -0.4 is 0 Å². The molecule has 6 nitrogen and oxygen atoms in total. The minimum Gasteiger partial charge on any atom is -0.309 e. The van der Waals surface area contributed by atoms with Gasteiger partial charge in [0.15, 0.2) is 0 Å². The molecule has 6 heterocycles. The summed E-state index contributed by atoms with van der Waals surface area (Å²) in [7, 11) is 0. The lowest BCUT2D eigenvalue weighted by Crippen LogP contribution is -1.96. The molecule has 11 rings (SSSR count). The third-order valence-corrected chi connectivity index (χ3v) is 9.72. The van der Waals surface area contributed by atoms with Crippen molar-refractivity contribution in [2.24, 2.45) is 0 Å². The van der Waals surface area contributed by atoms with Gasteiger partial charge in [-0.15, -0.1) is 0 Å². The summed E-state index contributed by atoms with van der Waals surface area (Å²) in [5.41, 5.74) is 10.6. The number of hydrogen-bond donors (Lipinski definition) is 0. The molecule has 6 aromatic heterocycles. The highest BCUT2D eigenvalue weighted by molar-refractivity contribution is 6.31. The molecule has 0 bridgehead atoms. The first-order chi connectivity index (χ1) is 23.3. The van der Waals surface area contributed by atoms with E-state index in [-0.39, 0.29) is 0 Å². The Bertz CT molecular complexity index is 3060. The highest BCUT2D eigenvalue weighted by atomic mass is 15.1. The van der Waals surface area contributed by atoms with Crippen LogP contribution in [0.2, 0.25) is 0 Å². The number of aromatic nitrogens is 6. The fourth-order valence-corrected chi connectivity index (χ4v) is 7.84. The Morgan fingerprint density at radius 2 is 1.13 bits per heavy atom. The number of pyridine rings is 3. The molecule has 0 aliphatic carbocycles. The minimum atomic E-state index is 0.856. The number of benzene rings is 5. The fourth-order valence-electron chi connectivity index (χ4n) is 7.84. The third-order valence-electron chi connectivity index (χ3n) is 9.72. The summed E-state index contributed by atoms with van der Waals surface area (Å²) in [6, 6.07) is 45.6. The van der Waals surface area contributed by atoms with Crippen LogP contribution in [0, 0.1) is 0 Å². The summed E-state index contributed by atoms with van der Waals surface area (Å²) in [5, 5.41) is 8.20. The van der Waals surface area contributed by atoms with Crippen molar-refractivity contribution in [1.82, 2.24) is 28.5 Å². The van der Waals surface area contributed by atoms with Gasteiger partial charge >= 0.3 is 0 Å². The maximum atomic E-state index is 5.12. The average molecular weight is 601 g/mol. The smallest absolute Gasteiger partial charge is 0.147 e. The van der Waals surface area contributed by atoms with Crippen molar-refractivity contribution in [1.29, 1.82) is 0 Å². The van der Waals surface area contributed by atoms with Crippen LogP contribution in [0.1, 0.15) is 0 Å². The topological polar surface area (TPSA) is 52.9 Å². The van der Waals surface area contributed by atoms with Gasteiger partial charge in [0.1, 0.15) is 16.8 Å². The molecule has 5 aromatic carbocycles. The molecular weight excluding hydrogens is 576 g/mol. The predicted molar refractivity (Wildman–Crippen MR) is 192 cm³/mol. The molecule has 6 heteroatoms. The standard InChI is InChI=1S/C41H24N6/c1-3-10-25(11-4-1)45-33-16-8-7-14-27(33)30-22-31-37(23-36(30)45)46(26-12-5-2-6-13-26)35-18-17-29-38(39(31)35)28-15-9-20-43-40(28)47-34-19-21-42-24-32(34)44-41(29)47/h1-24H. The summed E-state index contributed by atoms with van der Waals surface area (Å²) in [6.45, 7) is 0. The van der Waals surface area contributed by atoms with Gasteiger partial charge in [0.2, 0.25) is 0 Å². The first kappa shape index (κ1) is 24.8. The lowest BCUT2D eigenvalue weighted by Gasteiger charge is -2.11. The molecule has 0 unspecified atom stereocenters. The number of para-hydroxylation sites is 3. The van der Waals surface area contributed by atoms with E-state index < -0.39 is 0 Å². The molecule has 0 atom stereocenters. The van der Waals surface area contributed by atoms with Crippen LogP contribution in [0.4, 0.5) is 0 Å². The second-order valence-electron chi connectivity index (χ2n) is 12.1. The van der Waals surface area contributed by atoms with Gasteiger partial charge in [0.25, 0.3) is 0 Å². The van der Waals surface area contributed by atoms with Crippen LogP contribution in [0.25, 0.3) is 93.5 Å². The molecule has 0 radical (unpaired) electrons. The lowest BCUT2D eigenvalue weighted by atomic mass is 10.0. The molecule has 0 saturated carbocycles. The quantitative estimate of drug-likeness (QED) is 0.186. The third kappa shape index (κ3) is 3.21. The van der Waals surface area contributed by atoms with Crippen LogP contribution in [0.5, 0.6) is 0 Å². The van der Waals surface area contributed by atoms with Gasteiger partial charge in [-0.3, -0.25) is 9.38 Å². The maximum Gasteiger partial charge on any atom is 0.147 e. The van der Waals surface area contributed by atoms with Crippen LogP contribution in [0.15, 0.2) is 146 Å². The second kappa shape index (κ2) is 9.02. The van der Waals surface area contributed by atoms with E-state index in [4.69, 9.17) is 9.97 Å². The summed E-state index contributed by atoms with van der Waals surface area (Å²) in [4.78, 5) is 14.4. The Morgan fingerprint density at radius 1 is 0.426 bits per heavy atom. The zero-order valence-electron chi connectivity index (χ0n) is 25.0. The van der Waals surface area contributed by atoms with Crippen molar-refractivity contribution in [2.45, 2.75) is 0 Å². The first-order valence-electron chi connectivity index (χ1n) is 15.8. The van der Waals surface area contributed by atoms with Gasteiger partial charge in [-0.05, 0) is 72.8 Å². The average Bonchev–Trinajstić information content (AvgIpc) is 3.79. The number of nitrogens with zero attached hydrogens (tertiary/aromatic N) is 6. The van der Waals surface area contributed by atoms with Gasteiger partial charge < -0.3 is 9.13 Å². The molecule has 0 fully saturated rings. The Kier molecular flexibility index (Phi) is 4.75. The summed E-state index contributed by atoms with van der Waals surface area (Å²) in [5.74, 6) is 0. The maximum absolute atomic E-state index is 5.12. The highest BCUT2D eigenvalue weighted by Crippen LogP contribution is 2.44. The van der Waals surface area contributed by atoms with Crippen LogP contribution >= 0.6 is 0 Å². The van der Waals surface area contributed by atoms with Gasteiger partial charge in [-0.1, -0.05) is 54.6 Å². The number of hydrogen-bond acceptors (Lipinski definition) is 3. The van der Waals surface area contributed by atoms with Gasteiger partial charge in [-0.2, -0.15) is 0 Å². The van der Waals surface area contributed by atoms with Gasteiger partial charge in [-0.25, -0.2) is 9.97 Å². The summed E-state index contributed by atoms with van der Waals surface area (Å²) in [6.07, 6.45) is 5.53. The largest absolute Gasteiger partial charge is 0.309 e. The van der Waals surface area contributed by atoms with E-state index in [9.17, 15) is 0 Å². The first-order valence-corrected chi connectivity index (χ1v) is 15.8. The van der Waals surface area contributed by atoms with Crippen molar-refractivity contribution in [3.05, 3.63) is 146 Å². The van der Waals surface area contributed by atoms with Crippen molar-refractivity contribution < 1.29 is 0 Å². The zero-order valence-corrected chi connectivity index (χ0v) is 25.0. The van der Waals surface area contributed by atoms with Gasteiger partial charge in [0.05, 0.1) is 33.8 Å². The lowest BCUT2D eigenvalue weighted by molar-refractivity contribution is 1.16. The summed E-state index contributed by atoms with van der Waals surface area (Å²) >= 11 is 0. The van der Waals surface area contributed by atoms with Crippen LogP contribution in [-0.2, 0) is 0 Å². The van der Waals surface area contributed by atoms with Crippen molar-refractivity contribution >= 4 is 82.1 Å². The number of imidazole rings is 1. The Hall–Kier alpha value is -6.53. The van der Waals surface area contributed by atoms with E-state index in [0.29, 0.717) is 0 Å². The van der Waals surface area contributed by atoms with Crippen molar-refractivity contribution in [3.63, 3.8) is 0 Å². The summed E-state index contributed by atoms with van der Waals surface area (Å²) < 4.78 is 6.99. The monoisotopic (exact) mass is 600 g/mol. The van der Waals surface area contributed by atoms with E-state index in [1.165, 1.54) is 32.6 Å². The fraction of sp³-hybridized carbons (Fsp3) is 0. The molecular formula is C41H24N6. The molecule has 11 aromatic rings. The van der Waals surface area contributed by atoms with Crippen molar-refractivity contribution in [3.8, 4) is 11.4 Å². The van der Waals surface area contributed by atoms with Crippen molar-refractivity contribution in [2.75, 3.05) is 0 Å². The number of fused-ring (bicyclic) bond motifs is 15. The molecule has 0 amide bonds. The van der Waals surface area contributed by atoms with E-state index >= 15 is 0 Å². The molecule has 0 aliphatic heterocycles. The van der Waals surface area contributed by atoms with E-state index in [1.54, 1.807) is 0 Å². The van der Waals surface area contributed by atoms with Crippen LogP contribution in [0.3, 0.4) is 0 Å². The predicted octanol–water partition coefficient (Wildman–Crippen LogP) is 9.78. The Balaban J connectivity index is 1.41. The Labute approximate surface area is 267 Å². The van der Waals surface area contributed by atoms with E-state index in [2.05, 4.69) is 134 Å². The second-order valence-corrected chi connectivity index (χ2v) is 12.1. The molecule has 0 aliphatic rings. The van der Waals surface area contributed by atoms with Crippen LogP contribution in [-0.4, -0.2) is 28.5 Å². The molecule has 0 spiro atoms. The Morgan fingerprint density at radius 3 is 1.96 bits per heavy atom. The highest BCUT2D eigenvalue weighted by Gasteiger charge is 2.23. The molecule has 0 N–H and O–H groups in total. The zero-order chi connectivity index (χ0) is 30.6. The molecule has 47 heavy (non-hydrogen) atoms. The normalized spacial score (nSPS) is 12.3. The molecule has 218 valence electrons. The van der Waals surface area contributed by atoms with E-state index in [1.807, 2.05) is 30.7 Å². The van der Waals surface area contributed by atoms with Gasteiger partial charge in [0, 0.05) is 61.5 Å². The molecule has 0 saturated heterocycles. The SMILES string of the molecule is c1ccc(-n2c3ccccc3c3cc4c5c6c7cccnc7n7c8ccncc8nc7c6ccc5n(-c5ccccc5)c4cc32)cc1. The number of rotatable bonds is 2. The van der Waals surface area contributed by atoms with E-state index in [0.717, 1.165) is 60.9 Å². The minimum absolute atomic E-state index is 0.856.